The van der Waals surface area contributed by atoms with Crippen molar-refractivity contribution in [3.8, 4) is 0 Å². The second-order valence-corrected chi connectivity index (χ2v) is 4.87. The van der Waals surface area contributed by atoms with E-state index in [9.17, 15) is 4.21 Å². The topological polar surface area (TPSA) is 17.1 Å². The summed E-state index contributed by atoms with van der Waals surface area (Å²) in [5.74, 6) is 0. The first-order valence-corrected chi connectivity index (χ1v) is 5.86. The van der Waals surface area contributed by atoms with Crippen molar-refractivity contribution in [1.29, 1.82) is 0 Å². The van der Waals surface area contributed by atoms with E-state index < -0.39 is 10.0 Å². The number of rotatable bonds is 1. The Labute approximate surface area is 91.5 Å². The second kappa shape index (κ2) is 4.16. The van der Waals surface area contributed by atoms with Crippen molar-refractivity contribution < 1.29 is 4.21 Å². The highest BCUT2D eigenvalue weighted by Crippen LogP contribution is 2.32. The highest BCUT2D eigenvalue weighted by molar-refractivity contribution is 8.08. The van der Waals surface area contributed by atoms with Crippen LogP contribution in [0.2, 0.25) is 15.1 Å². The monoisotopic (exact) mass is 262 g/mol. The van der Waals surface area contributed by atoms with Crippen molar-refractivity contribution in [2.24, 2.45) is 0 Å². The van der Waals surface area contributed by atoms with Gasteiger partial charge in [-0.05, 0) is 22.8 Å². The molecule has 1 atom stereocenters. The summed E-state index contributed by atoms with van der Waals surface area (Å²) in [5.41, 5.74) is 0. The molecule has 0 aliphatic carbocycles. The summed E-state index contributed by atoms with van der Waals surface area (Å²) in [7, 11) is 3.62. The third-order valence-electron chi connectivity index (χ3n) is 1.12. The van der Waals surface area contributed by atoms with E-state index in [1.54, 1.807) is 0 Å². The summed E-state index contributed by atoms with van der Waals surface area (Å²) in [5, 5.41) is 0.803. The third kappa shape index (κ3) is 2.27. The highest BCUT2D eigenvalue weighted by Gasteiger charge is 2.12. The molecular weight excluding hydrogens is 262 g/mol. The van der Waals surface area contributed by atoms with Crippen LogP contribution in [0.4, 0.5) is 0 Å². The van der Waals surface area contributed by atoms with Crippen LogP contribution in [-0.4, -0.2) is 4.21 Å². The Hall–Kier alpha value is 0.530. The van der Waals surface area contributed by atoms with Crippen LogP contribution in [0.1, 0.15) is 0 Å². The van der Waals surface area contributed by atoms with Crippen molar-refractivity contribution in [2.45, 2.75) is 4.90 Å². The van der Waals surface area contributed by atoms with Crippen molar-refractivity contribution >= 4 is 55.5 Å². The zero-order valence-electron chi connectivity index (χ0n) is 5.48. The van der Waals surface area contributed by atoms with Gasteiger partial charge in [-0.25, -0.2) is 4.21 Å². The highest BCUT2D eigenvalue weighted by atomic mass is 35.7. The second-order valence-electron chi connectivity index (χ2n) is 1.92. The van der Waals surface area contributed by atoms with Crippen LogP contribution in [0.15, 0.2) is 17.0 Å². The van der Waals surface area contributed by atoms with Gasteiger partial charge in [-0.15, -0.1) is 0 Å². The summed E-state index contributed by atoms with van der Waals surface area (Å²) in [4.78, 5) is 0.199. The van der Waals surface area contributed by atoms with Gasteiger partial charge in [0, 0.05) is 5.02 Å². The summed E-state index contributed by atoms with van der Waals surface area (Å²) >= 11 is 17.0. The van der Waals surface area contributed by atoms with Crippen molar-refractivity contribution in [1.82, 2.24) is 0 Å². The van der Waals surface area contributed by atoms with E-state index in [0.717, 1.165) is 0 Å². The fourth-order valence-corrected chi connectivity index (χ4v) is 3.08. The number of benzene rings is 1. The molecule has 0 radical (unpaired) electrons. The molecule has 6 heteroatoms. The Balaban J connectivity index is 3.38. The van der Waals surface area contributed by atoms with Gasteiger partial charge in [-0.3, -0.25) is 0 Å². The molecule has 0 aliphatic heterocycles. The normalized spacial score (nSPS) is 13.0. The van der Waals surface area contributed by atoms with E-state index in [1.807, 2.05) is 0 Å². The van der Waals surface area contributed by atoms with E-state index in [4.69, 9.17) is 45.5 Å². The Kier molecular flexibility index (Phi) is 3.68. The lowest BCUT2D eigenvalue weighted by Crippen LogP contribution is -1.85. The van der Waals surface area contributed by atoms with E-state index in [2.05, 4.69) is 0 Å². The molecule has 0 saturated heterocycles. The molecule has 0 spiro atoms. The number of halogens is 4. The predicted molar refractivity (Wildman–Crippen MR) is 53.7 cm³/mol. The maximum atomic E-state index is 10.9. The largest absolute Gasteiger partial charge is 0.237 e. The predicted octanol–water partition coefficient (Wildman–Crippen LogP) is 3.91. The van der Waals surface area contributed by atoms with Crippen LogP contribution in [0.5, 0.6) is 0 Å². The molecule has 1 nitrogen and oxygen atoms in total. The molecule has 0 saturated carbocycles. The molecule has 0 amide bonds. The maximum absolute atomic E-state index is 10.9. The van der Waals surface area contributed by atoms with Gasteiger partial charge in [-0.1, -0.05) is 34.8 Å². The number of hydrogen-bond acceptors (Lipinski definition) is 1. The molecule has 0 aliphatic rings. The lowest BCUT2D eigenvalue weighted by molar-refractivity contribution is 0.691. The van der Waals surface area contributed by atoms with Crippen molar-refractivity contribution in [2.75, 3.05) is 0 Å². The van der Waals surface area contributed by atoms with Gasteiger partial charge in [0.05, 0.1) is 14.9 Å². The molecular formula is C6H2Cl4OS. The Morgan fingerprint density at radius 3 is 1.83 bits per heavy atom. The molecule has 1 rings (SSSR count). The summed E-state index contributed by atoms with van der Waals surface area (Å²) < 4.78 is 10.9. The van der Waals surface area contributed by atoms with Crippen LogP contribution < -0.4 is 0 Å². The standard InChI is InChI=1S/C6H2Cl4OS/c7-3-1-4(8)6(12(10)11)5(9)2-3/h1-2H. The molecule has 0 fully saturated rings. The van der Waals surface area contributed by atoms with Gasteiger partial charge in [0.15, 0.2) is 10.0 Å². The molecule has 1 unspecified atom stereocenters. The van der Waals surface area contributed by atoms with Crippen LogP contribution >= 0.6 is 45.5 Å². The molecule has 0 N–H and O–H groups in total. The van der Waals surface area contributed by atoms with Gasteiger partial charge in [0.1, 0.15) is 0 Å². The molecule has 0 aromatic heterocycles. The minimum absolute atomic E-state index is 0.199. The Morgan fingerprint density at radius 2 is 1.50 bits per heavy atom. The molecule has 12 heavy (non-hydrogen) atoms. The van der Waals surface area contributed by atoms with E-state index >= 15 is 0 Å². The number of hydrogen-bond donors (Lipinski definition) is 0. The lowest BCUT2D eigenvalue weighted by atomic mass is 10.4. The van der Waals surface area contributed by atoms with Crippen LogP contribution in [-0.2, 0) is 10.0 Å². The maximum Gasteiger partial charge on any atom is 0.150 e. The molecule has 0 bridgehead atoms. The fraction of sp³-hybridized carbons (Fsp3) is 0. The van der Waals surface area contributed by atoms with Gasteiger partial charge < -0.3 is 0 Å². The van der Waals surface area contributed by atoms with Gasteiger partial charge in [0.25, 0.3) is 0 Å². The average Bonchev–Trinajstić information content (AvgIpc) is 1.82. The quantitative estimate of drug-likeness (QED) is 0.703. The van der Waals surface area contributed by atoms with Gasteiger partial charge in [0.2, 0.25) is 0 Å². The fourth-order valence-electron chi connectivity index (χ4n) is 0.682. The molecule has 1 aromatic carbocycles. The molecule has 1 aromatic rings. The minimum atomic E-state index is -1.71. The SMILES string of the molecule is O=S(Cl)c1c(Cl)cc(Cl)cc1Cl. The summed E-state index contributed by atoms with van der Waals surface area (Å²) in [6.45, 7) is 0. The summed E-state index contributed by atoms with van der Waals surface area (Å²) in [6, 6.07) is 2.87. The van der Waals surface area contributed by atoms with Gasteiger partial charge >= 0.3 is 0 Å². The van der Waals surface area contributed by atoms with Crippen molar-refractivity contribution in [3.63, 3.8) is 0 Å². The zero-order valence-corrected chi connectivity index (χ0v) is 9.32. The molecule has 66 valence electrons. The zero-order chi connectivity index (χ0) is 9.30. The first-order chi connectivity index (χ1) is 5.52. The summed E-state index contributed by atoms with van der Waals surface area (Å²) in [6.07, 6.45) is 0. The van der Waals surface area contributed by atoms with Crippen LogP contribution in [0, 0.1) is 0 Å². The Morgan fingerprint density at radius 1 is 1.08 bits per heavy atom. The minimum Gasteiger partial charge on any atom is -0.237 e. The van der Waals surface area contributed by atoms with Gasteiger partial charge in [-0.2, -0.15) is 0 Å². The Bertz CT molecular complexity index is 315. The van der Waals surface area contributed by atoms with Crippen molar-refractivity contribution in [3.05, 3.63) is 27.2 Å². The third-order valence-corrected chi connectivity index (χ3v) is 3.39. The van der Waals surface area contributed by atoms with E-state index in [1.165, 1.54) is 12.1 Å². The first kappa shape index (κ1) is 10.6. The van der Waals surface area contributed by atoms with Crippen LogP contribution in [0.25, 0.3) is 0 Å². The lowest BCUT2D eigenvalue weighted by Gasteiger charge is -2.01. The smallest absolute Gasteiger partial charge is 0.150 e. The average molecular weight is 264 g/mol. The molecule has 0 heterocycles. The van der Waals surface area contributed by atoms with E-state index in [-0.39, 0.29) is 14.9 Å². The van der Waals surface area contributed by atoms with Crippen LogP contribution in [0.3, 0.4) is 0 Å². The first-order valence-electron chi connectivity index (χ1n) is 2.75. The van der Waals surface area contributed by atoms with E-state index in [0.29, 0.717) is 5.02 Å².